The highest BCUT2D eigenvalue weighted by molar-refractivity contribution is 7.99. The van der Waals surface area contributed by atoms with Gasteiger partial charge in [-0.2, -0.15) is 0 Å². The van der Waals surface area contributed by atoms with Crippen LogP contribution in [0.2, 0.25) is 0 Å². The summed E-state index contributed by atoms with van der Waals surface area (Å²) in [7, 11) is 0. The minimum Gasteiger partial charge on any atom is -0.480 e. The van der Waals surface area contributed by atoms with Crippen molar-refractivity contribution in [2.45, 2.75) is 25.9 Å². The Morgan fingerprint density at radius 3 is 2.75 bits per heavy atom. The van der Waals surface area contributed by atoms with E-state index < -0.39 is 12.0 Å². The average molecular weight is 294 g/mol. The van der Waals surface area contributed by atoms with Gasteiger partial charge >= 0.3 is 12.0 Å². The lowest BCUT2D eigenvalue weighted by atomic mass is 10.1. The molecule has 6 heteroatoms. The fraction of sp³-hybridized carbons (Fsp3) is 0.429. The number of amides is 2. The average Bonchev–Trinajstić information content (AvgIpc) is 2.94. The third kappa shape index (κ3) is 3.25. The number of aliphatic carboxylic acids is 1. The van der Waals surface area contributed by atoms with Crippen molar-refractivity contribution in [3.63, 3.8) is 0 Å². The number of benzene rings is 1. The zero-order valence-corrected chi connectivity index (χ0v) is 12.2. The van der Waals surface area contributed by atoms with Gasteiger partial charge in [0.15, 0.2) is 0 Å². The molecule has 0 spiro atoms. The van der Waals surface area contributed by atoms with E-state index in [1.165, 1.54) is 22.2 Å². The van der Waals surface area contributed by atoms with Crippen LogP contribution in [0.4, 0.5) is 4.79 Å². The maximum atomic E-state index is 12.1. The Morgan fingerprint density at radius 1 is 1.40 bits per heavy atom. The van der Waals surface area contributed by atoms with Crippen molar-refractivity contribution in [3.8, 4) is 0 Å². The van der Waals surface area contributed by atoms with Crippen molar-refractivity contribution >= 4 is 23.8 Å². The summed E-state index contributed by atoms with van der Waals surface area (Å²) >= 11 is 1.46. The van der Waals surface area contributed by atoms with Crippen LogP contribution < -0.4 is 5.32 Å². The normalized spacial score (nSPS) is 18.1. The Morgan fingerprint density at radius 2 is 2.10 bits per heavy atom. The van der Waals surface area contributed by atoms with Crippen LogP contribution in [-0.4, -0.2) is 39.7 Å². The monoisotopic (exact) mass is 294 g/mol. The van der Waals surface area contributed by atoms with Gasteiger partial charge in [0.2, 0.25) is 0 Å². The molecule has 2 rings (SSSR count). The number of carboxylic acids is 1. The predicted molar refractivity (Wildman–Crippen MR) is 78.6 cm³/mol. The second kappa shape index (κ2) is 6.65. The maximum absolute atomic E-state index is 12.1. The highest BCUT2D eigenvalue weighted by Gasteiger charge is 2.34. The lowest BCUT2D eigenvalue weighted by Crippen LogP contribution is -2.46. The van der Waals surface area contributed by atoms with E-state index in [-0.39, 0.29) is 6.03 Å². The molecule has 1 aromatic rings. The Hall–Kier alpha value is -1.69. The molecule has 2 amide bonds. The number of carboxylic acid groups (broad SMARTS) is 1. The van der Waals surface area contributed by atoms with Gasteiger partial charge in [0.25, 0.3) is 0 Å². The molecule has 0 saturated carbocycles. The molecule has 0 bridgehead atoms. The van der Waals surface area contributed by atoms with Gasteiger partial charge in [-0.25, -0.2) is 9.59 Å². The van der Waals surface area contributed by atoms with Crippen LogP contribution in [0.3, 0.4) is 0 Å². The van der Waals surface area contributed by atoms with E-state index in [1.54, 1.807) is 0 Å². The zero-order valence-electron chi connectivity index (χ0n) is 11.3. The van der Waals surface area contributed by atoms with E-state index in [2.05, 4.69) is 12.2 Å². The topological polar surface area (TPSA) is 69.6 Å². The highest BCUT2D eigenvalue weighted by Crippen LogP contribution is 2.21. The van der Waals surface area contributed by atoms with Gasteiger partial charge in [-0.15, -0.1) is 11.8 Å². The minimum atomic E-state index is -0.945. The second-order valence-electron chi connectivity index (χ2n) is 4.60. The summed E-state index contributed by atoms with van der Waals surface area (Å²) in [4.78, 5) is 24.5. The molecule has 5 nitrogen and oxygen atoms in total. The molecule has 0 unspecified atom stereocenters. The molecule has 2 N–H and O–H groups in total. The molecule has 1 atom stereocenters. The van der Waals surface area contributed by atoms with Gasteiger partial charge in [-0.3, -0.25) is 0 Å². The summed E-state index contributed by atoms with van der Waals surface area (Å²) in [6, 6.07) is 6.89. The van der Waals surface area contributed by atoms with Crippen molar-refractivity contribution in [1.82, 2.24) is 10.2 Å². The molecular formula is C14H18N2O3S. The van der Waals surface area contributed by atoms with Gasteiger partial charge < -0.3 is 15.3 Å². The fourth-order valence-corrected chi connectivity index (χ4v) is 3.34. The number of aryl methyl sites for hydroxylation is 1. The predicted octanol–water partition coefficient (Wildman–Crippen LogP) is 1.92. The third-order valence-electron chi connectivity index (χ3n) is 3.36. The number of carbonyl (C=O) groups excluding carboxylic acids is 1. The molecule has 108 valence electrons. The van der Waals surface area contributed by atoms with E-state index in [4.69, 9.17) is 5.11 Å². The van der Waals surface area contributed by atoms with E-state index in [0.717, 1.165) is 12.0 Å². The first kappa shape index (κ1) is 14.7. The largest absolute Gasteiger partial charge is 0.480 e. The van der Waals surface area contributed by atoms with Gasteiger partial charge in [0.1, 0.15) is 6.04 Å². The van der Waals surface area contributed by atoms with E-state index in [1.807, 2.05) is 24.3 Å². The lowest BCUT2D eigenvalue weighted by Gasteiger charge is -2.21. The van der Waals surface area contributed by atoms with Crippen LogP contribution in [-0.2, 0) is 17.8 Å². The molecule has 0 aliphatic carbocycles. The van der Waals surface area contributed by atoms with Crippen LogP contribution in [0.25, 0.3) is 0 Å². The molecular weight excluding hydrogens is 276 g/mol. The maximum Gasteiger partial charge on any atom is 0.327 e. The van der Waals surface area contributed by atoms with Crippen molar-refractivity contribution in [2.75, 3.05) is 11.6 Å². The fourth-order valence-electron chi connectivity index (χ4n) is 2.19. The summed E-state index contributed by atoms with van der Waals surface area (Å²) in [5.74, 6) is -0.0638. The second-order valence-corrected chi connectivity index (χ2v) is 5.60. The molecule has 1 saturated heterocycles. The van der Waals surface area contributed by atoms with E-state index in [9.17, 15) is 9.59 Å². The summed E-state index contributed by atoms with van der Waals surface area (Å²) in [5.41, 5.74) is 2.26. The minimum absolute atomic E-state index is 0.312. The highest BCUT2D eigenvalue weighted by atomic mass is 32.2. The van der Waals surface area contributed by atoms with Crippen LogP contribution in [0.1, 0.15) is 18.1 Å². The zero-order chi connectivity index (χ0) is 14.5. The molecule has 1 aliphatic rings. The van der Waals surface area contributed by atoms with Crippen LogP contribution in [0.5, 0.6) is 0 Å². The summed E-state index contributed by atoms with van der Waals surface area (Å²) < 4.78 is 0. The summed E-state index contributed by atoms with van der Waals surface area (Å²) in [6.45, 7) is 2.49. The van der Waals surface area contributed by atoms with Crippen molar-refractivity contribution in [3.05, 3.63) is 35.4 Å². The number of hydrogen-bond donors (Lipinski definition) is 2. The first-order valence-electron chi connectivity index (χ1n) is 6.55. The molecule has 1 fully saturated rings. The Bertz CT molecular complexity index is 507. The first-order chi connectivity index (χ1) is 9.63. The van der Waals surface area contributed by atoms with Gasteiger partial charge in [0.05, 0.1) is 5.88 Å². The number of carbonyl (C=O) groups is 2. The van der Waals surface area contributed by atoms with Crippen LogP contribution in [0.15, 0.2) is 24.3 Å². The van der Waals surface area contributed by atoms with Crippen molar-refractivity contribution in [2.24, 2.45) is 0 Å². The Kier molecular flexibility index (Phi) is 4.89. The van der Waals surface area contributed by atoms with Gasteiger partial charge in [-0.1, -0.05) is 31.2 Å². The number of nitrogens with one attached hydrogen (secondary N) is 1. The first-order valence-corrected chi connectivity index (χ1v) is 7.70. The quantitative estimate of drug-likeness (QED) is 0.890. The molecule has 1 aliphatic heterocycles. The Balaban J connectivity index is 1.97. The molecule has 0 radical (unpaired) electrons. The number of hydrogen-bond acceptors (Lipinski definition) is 3. The van der Waals surface area contributed by atoms with Crippen LogP contribution >= 0.6 is 11.8 Å². The number of thioether (sulfide) groups is 1. The smallest absolute Gasteiger partial charge is 0.327 e. The van der Waals surface area contributed by atoms with E-state index in [0.29, 0.717) is 18.2 Å². The van der Waals surface area contributed by atoms with Gasteiger partial charge in [-0.05, 0) is 17.5 Å². The molecule has 20 heavy (non-hydrogen) atoms. The molecule has 1 heterocycles. The number of nitrogens with zero attached hydrogens (tertiary/aromatic N) is 1. The van der Waals surface area contributed by atoms with Crippen LogP contribution in [0, 0.1) is 0 Å². The third-order valence-corrected chi connectivity index (χ3v) is 4.37. The standard InChI is InChI=1S/C14H18N2O3S/c1-2-10-5-3-4-6-11(10)7-15-14(19)16-9-20-8-12(16)13(17)18/h3-6,12H,2,7-9H2,1H3,(H,15,19)(H,17,18)/t12-/m0/s1. The van der Waals surface area contributed by atoms with Crippen molar-refractivity contribution < 1.29 is 14.7 Å². The summed E-state index contributed by atoms with van der Waals surface area (Å²) in [6.07, 6.45) is 0.906. The Labute approximate surface area is 122 Å². The van der Waals surface area contributed by atoms with Gasteiger partial charge in [0, 0.05) is 12.3 Å². The number of urea groups is 1. The lowest BCUT2D eigenvalue weighted by molar-refractivity contribution is -0.140. The van der Waals surface area contributed by atoms with Crippen molar-refractivity contribution in [1.29, 1.82) is 0 Å². The molecule has 0 aromatic heterocycles. The SMILES string of the molecule is CCc1ccccc1CNC(=O)N1CSC[C@H]1C(=O)O. The summed E-state index contributed by atoms with van der Waals surface area (Å²) in [5, 5.41) is 11.9. The number of rotatable bonds is 4. The van der Waals surface area contributed by atoms with E-state index >= 15 is 0 Å². The molecule has 1 aromatic carbocycles.